The third-order valence-corrected chi connectivity index (χ3v) is 2.83. The van der Waals surface area contributed by atoms with E-state index in [1.807, 2.05) is 0 Å². The molecular formula is C15H12F3NO2. The number of nitrogens with one attached hydrogen (secondary N) is 1. The largest absolute Gasteiger partial charge is 0.388 e. The highest BCUT2D eigenvalue weighted by molar-refractivity contribution is 5.91. The van der Waals surface area contributed by atoms with Gasteiger partial charge in [-0.05, 0) is 5.56 Å². The highest BCUT2D eigenvalue weighted by Gasteiger charge is 2.15. The van der Waals surface area contributed by atoms with Crippen LogP contribution in [0.25, 0.3) is 0 Å². The average molecular weight is 295 g/mol. The first kappa shape index (κ1) is 15.1. The summed E-state index contributed by atoms with van der Waals surface area (Å²) in [5, 5.41) is 12.1. The molecule has 1 unspecified atom stereocenters. The molecule has 2 rings (SSSR count). The topological polar surface area (TPSA) is 49.3 Å². The molecule has 6 heteroatoms. The van der Waals surface area contributed by atoms with Crippen molar-refractivity contribution in [2.24, 2.45) is 0 Å². The first-order chi connectivity index (χ1) is 9.97. The van der Waals surface area contributed by atoms with Gasteiger partial charge in [0.2, 0.25) is 5.91 Å². The van der Waals surface area contributed by atoms with Crippen LogP contribution < -0.4 is 5.32 Å². The number of benzene rings is 2. The van der Waals surface area contributed by atoms with E-state index in [9.17, 15) is 23.1 Å². The van der Waals surface area contributed by atoms with Gasteiger partial charge in [-0.15, -0.1) is 0 Å². The summed E-state index contributed by atoms with van der Waals surface area (Å²) in [5.41, 5.74) is 0.334. The number of aliphatic hydroxyl groups is 1. The number of amides is 1. The van der Waals surface area contributed by atoms with Crippen LogP contribution in [0.4, 0.5) is 18.9 Å². The minimum absolute atomic E-state index is 0.211. The van der Waals surface area contributed by atoms with E-state index in [-0.39, 0.29) is 12.1 Å². The van der Waals surface area contributed by atoms with E-state index in [1.54, 1.807) is 30.3 Å². The summed E-state index contributed by atoms with van der Waals surface area (Å²) in [5.74, 6) is -5.03. The van der Waals surface area contributed by atoms with Gasteiger partial charge >= 0.3 is 0 Å². The molecule has 2 N–H and O–H groups in total. The van der Waals surface area contributed by atoms with Gasteiger partial charge in [0, 0.05) is 17.8 Å². The van der Waals surface area contributed by atoms with Crippen molar-refractivity contribution >= 4 is 11.6 Å². The van der Waals surface area contributed by atoms with Gasteiger partial charge in [-0.2, -0.15) is 0 Å². The summed E-state index contributed by atoms with van der Waals surface area (Å²) in [4.78, 5) is 11.7. The second-order valence-corrected chi connectivity index (χ2v) is 4.43. The molecule has 1 amide bonds. The lowest BCUT2D eigenvalue weighted by atomic mass is 10.1. The molecule has 0 bridgehead atoms. The van der Waals surface area contributed by atoms with Crippen LogP contribution in [0, 0.1) is 17.5 Å². The van der Waals surface area contributed by atoms with E-state index in [2.05, 4.69) is 5.32 Å². The predicted molar refractivity (Wildman–Crippen MR) is 71.0 cm³/mol. The van der Waals surface area contributed by atoms with Crippen LogP contribution in [-0.4, -0.2) is 11.0 Å². The summed E-state index contributed by atoms with van der Waals surface area (Å²) in [6, 6.07) is 9.82. The van der Waals surface area contributed by atoms with Gasteiger partial charge in [0.05, 0.1) is 12.5 Å². The normalized spacial score (nSPS) is 12.0. The fraction of sp³-hybridized carbons (Fsp3) is 0.133. The Morgan fingerprint density at radius 1 is 1.10 bits per heavy atom. The molecule has 0 saturated heterocycles. The molecular weight excluding hydrogens is 283 g/mol. The summed E-state index contributed by atoms with van der Waals surface area (Å²) < 4.78 is 38.8. The zero-order chi connectivity index (χ0) is 15.4. The van der Waals surface area contributed by atoms with Gasteiger partial charge in [0.15, 0.2) is 17.5 Å². The number of carbonyl (C=O) groups excluding carboxylic acids is 1. The molecule has 21 heavy (non-hydrogen) atoms. The van der Waals surface area contributed by atoms with Crippen LogP contribution in [0.2, 0.25) is 0 Å². The third kappa shape index (κ3) is 3.82. The molecule has 0 aromatic heterocycles. The van der Waals surface area contributed by atoms with Crippen molar-refractivity contribution in [2.45, 2.75) is 12.5 Å². The molecule has 3 nitrogen and oxygen atoms in total. The SMILES string of the molecule is O=C(CC(O)c1ccccc1)Nc1cc(F)c(F)c(F)c1. The second kappa shape index (κ2) is 6.41. The van der Waals surface area contributed by atoms with Gasteiger partial charge in [-0.1, -0.05) is 30.3 Å². The quantitative estimate of drug-likeness (QED) is 0.851. The summed E-state index contributed by atoms with van der Waals surface area (Å²) in [7, 11) is 0. The minimum atomic E-state index is -1.60. The molecule has 0 aliphatic heterocycles. The maximum absolute atomic E-state index is 13.0. The van der Waals surface area contributed by atoms with E-state index in [4.69, 9.17) is 0 Å². The second-order valence-electron chi connectivity index (χ2n) is 4.43. The van der Waals surface area contributed by atoms with Crippen molar-refractivity contribution in [3.8, 4) is 0 Å². The van der Waals surface area contributed by atoms with Gasteiger partial charge < -0.3 is 10.4 Å². The molecule has 2 aromatic rings. The van der Waals surface area contributed by atoms with E-state index < -0.39 is 29.5 Å². The maximum Gasteiger partial charge on any atom is 0.227 e. The molecule has 0 fully saturated rings. The number of halogens is 3. The van der Waals surface area contributed by atoms with Crippen LogP contribution in [0.1, 0.15) is 18.1 Å². The Morgan fingerprint density at radius 3 is 2.24 bits per heavy atom. The third-order valence-electron chi connectivity index (χ3n) is 2.83. The average Bonchev–Trinajstić information content (AvgIpc) is 2.45. The molecule has 0 radical (unpaired) electrons. The number of hydrogen-bond acceptors (Lipinski definition) is 2. The first-order valence-electron chi connectivity index (χ1n) is 6.15. The Hall–Kier alpha value is -2.34. The molecule has 0 spiro atoms. The molecule has 0 saturated carbocycles. The molecule has 0 aliphatic carbocycles. The number of rotatable bonds is 4. The van der Waals surface area contributed by atoms with Crippen LogP contribution >= 0.6 is 0 Å². The van der Waals surface area contributed by atoms with Crippen molar-refractivity contribution in [1.82, 2.24) is 0 Å². The maximum atomic E-state index is 13.0. The molecule has 0 heterocycles. The predicted octanol–water partition coefficient (Wildman–Crippen LogP) is 3.17. The van der Waals surface area contributed by atoms with E-state index in [0.717, 1.165) is 0 Å². The van der Waals surface area contributed by atoms with Gasteiger partial charge in [-0.3, -0.25) is 4.79 Å². The van der Waals surface area contributed by atoms with Crippen LogP contribution in [0.5, 0.6) is 0 Å². The van der Waals surface area contributed by atoms with E-state index in [0.29, 0.717) is 17.7 Å². The Labute approximate surface area is 119 Å². The highest BCUT2D eigenvalue weighted by Crippen LogP contribution is 2.20. The molecule has 1 atom stereocenters. The van der Waals surface area contributed by atoms with Gasteiger partial charge in [0.1, 0.15) is 0 Å². The fourth-order valence-electron chi connectivity index (χ4n) is 1.81. The number of anilines is 1. The lowest BCUT2D eigenvalue weighted by Gasteiger charge is -2.11. The lowest BCUT2D eigenvalue weighted by molar-refractivity contribution is -0.118. The lowest BCUT2D eigenvalue weighted by Crippen LogP contribution is -2.16. The Morgan fingerprint density at radius 2 is 1.67 bits per heavy atom. The van der Waals surface area contributed by atoms with E-state index >= 15 is 0 Å². The zero-order valence-electron chi connectivity index (χ0n) is 10.8. The number of hydrogen-bond donors (Lipinski definition) is 2. The van der Waals surface area contributed by atoms with E-state index in [1.165, 1.54) is 0 Å². The standard InChI is InChI=1S/C15H12F3NO2/c16-11-6-10(7-12(17)15(11)18)19-14(21)8-13(20)9-4-2-1-3-5-9/h1-7,13,20H,8H2,(H,19,21). The Bertz CT molecular complexity index is 624. The van der Waals surface area contributed by atoms with Gasteiger partial charge in [-0.25, -0.2) is 13.2 Å². The summed E-state index contributed by atoms with van der Waals surface area (Å²) in [6.45, 7) is 0. The van der Waals surface area contributed by atoms with Crippen molar-refractivity contribution in [1.29, 1.82) is 0 Å². The van der Waals surface area contributed by atoms with Gasteiger partial charge in [0.25, 0.3) is 0 Å². The van der Waals surface area contributed by atoms with Crippen molar-refractivity contribution in [3.05, 3.63) is 65.5 Å². The van der Waals surface area contributed by atoms with Crippen LogP contribution in [0.15, 0.2) is 42.5 Å². The van der Waals surface area contributed by atoms with Crippen LogP contribution in [-0.2, 0) is 4.79 Å². The Balaban J connectivity index is 2.02. The fourth-order valence-corrected chi connectivity index (χ4v) is 1.81. The van der Waals surface area contributed by atoms with Crippen molar-refractivity contribution in [3.63, 3.8) is 0 Å². The number of aliphatic hydroxyl groups excluding tert-OH is 1. The first-order valence-corrected chi connectivity index (χ1v) is 6.15. The number of carbonyl (C=O) groups is 1. The molecule has 110 valence electrons. The Kier molecular flexibility index (Phi) is 4.59. The highest BCUT2D eigenvalue weighted by atomic mass is 19.2. The minimum Gasteiger partial charge on any atom is -0.388 e. The van der Waals surface area contributed by atoms with Crippen molar-refractivity contribution < 1.29 is 23.1 Å². The smallest absolute Gasteiger partial charge is 0.227 e. The monoisotopic (exact) mass is 295 g/mol. The molecule has 0 aliphatic rings. The van der Waals surface area contributed by atoms with Crippen LogP contribution in [0.3, 0.4) is 0 Å². The van der Waals surface area contributed by atoms with Crippen molar-refractivity contribution in [2.75, 3.05) is 5.32 Å². The summed E-state index contributed by atoms with van der Waals surface area (Å²) >= 11 is 0. The summed E-state index contributed by atoms with van der Waals surface area (Å²) in [6.07, 6.45) is -1.33. The molecule has 2 aromatic carbocycles. The zero-order valence-corrected chi connectivity index (χ0v) is 10.8.